The van der Waals surface area contributed by atoms with Gasteiger partial charge in [-0.05, 0) is 6.07 Å². The smallest absolute Gasteiger partial charge is 0.228 e. The fraction of sp³-hybridized carbons (Fsp3) is 0.231. The van der Waals surface area contributed by atoms with E-state index in [9.17, 15) is 4.79 Å². The van der Waals surface area contributed by atoms with Gasteiger partial charge in [-0.15, -0.1) is 11.8 Å². The molecule has 1 amide bonds. The molecule has 0 saturated heterocycles. The summed E-state index contributed by atoms with van der Waals surface area (Å²) in [5, 5.41) is 4.06. The maximum absolute atomic E-state index is 11.8. The fourth-order valence-corrected chi connectivity index (χ4v) is 3.06. The predicted octanol–water partition coefficient (Wildman–Crippen LogP) is 2.92. The van der Waals surface area contributed by atoms with Crippen molar-refractivity contribution in [3.05, 3.63) is 30.5 Å². The van der Waals surface area contributed by atoms with E-state index in [0.717, 1.165) is 27.2 Å². The first kappa shape index (κ1) is 10.6. The maximum atomic E-state index is 11.8. The molecule has 3 rings (SSSR count). The number of nitrogens with one attached hydrogen (secondary N) is 1. The van der Waals surface area contributed by atoms with Crippen molar-refractivity contribution in [2.75, 3.05) is 11.1 Å². The van der Waals surface area contributed by atoms with Gasteiger partial charge in [-0.3, -0.25) is 9.78 Å². The van der Waals surface area contributed by atoms with Gasteiger partial charge in [0.2, 0.25) is 5.91 Å². The van der Waals surface area contributed by atoms with Crippen molar-refractivity contribution in [2.24, 2.45) is 5.92 Å². The Labute approximate surface area is 104 Å². The SMILES string of the molecule is CC1CSc2c(cnc3ccccc23)NC1=O. The third-order valence-electron chi connectivity index (χ3n) is 2.91. The molecule has 0 spiro atoms. The molecule has 86 valence electrons. The van der Waals surface area contributed by atoms with Gasteiger partial charge >= 0.3 is 0 Å². The zero-order valence-corrected chi connectivity index (χ0v) is 10.3. The molecular formula is C13H12N2OS. The Kier molecular flexibility index (Phi) is 2.52. The number of fused-ring (bicyclic) bond motifs is 3. The lowest BCUT2D eigenvalue weighted by Gasteiger charge is -2.08. The summed E-state index contributed by atoms with van der Waals surface area (Å²) in [7, 11) is 0. The Hall–Kier alpha value is -1.55. The van der Waals surface area contributed by atoms with Gasteiger partial charge in [-0.25, -0.2) is 0 Å². The second-order valence-electron chi connectivity index (χ2n) is 4.22. The van der Waals surface area contributed by atoms with Crippen LogP contribution in [-0.4, -0.2) is 16.6 Å². The summed E-state index contributed by atoms with van der Waals surface area (Å²) in [6, 6.07) is 8.02. The van der Waals surface area contributed by atoms with E-state index in [1.807, 2.05) is 25.1 Å². The predicted molar refractivity (Wildman–Crippen MR) is 70.3 cm³/mol. The number of carbonyl (C=O) groups is 1. The molecule has 0 radical (unpaired) electrons. The normalized spacial score (nSPS) is 19.6. The molecule has 2 heterocycles. The first-order valence-electron chi connectivity index (χ1n) is 5.57. The molecule has 0 saturated carbocycles. The van der Waals surface area contributed by atoms with Crippen molar-refractivity contribution in [2.45, 2.75) is 11.8 Å². The van der Waals surface area contributed by atoms with E-state index in [2.05, 4.69) is 16.4 Å². The molecule has 1 aliphatic rings. The minimum Gasteiger partial charge on any atom is -0.324 e. The van der Waals surface area contributed by atoms with E-state index in [0.29, 0.717) is 0 Å². The van der Waals surface area contributed by atoms with Crippen molar-refractivity contribution in [3.8, 4) is 0 Å². The number of thioether (sulfide) groups is 1. The number of carbonyl (C=O) groups excluding carboxylic acids is 1. The van der Waals surface area contributed by atoms with Crippen LogP contribution in [0.1, 0.15) is 6.92 Å². The lowest BCUT2D eigenvalue weighted by Crippen LogP contribution is -2.20. The molecule has 0 bridgehead atoms. The molecule has 1 unspecified atom stereocenters. The summed E-state index contributed by atoms with van der Waals surface area (Å²) < 4.78 is 0. The molecule has 1 atom stereocenters. The van der Waals surface area contributed by atoms with Crippen LogP contribution in [0, 0.1) is 5.92 Å². The highest BCUT2D eigenvalue weighted by Gasteiger charge is 2.21. The first-order chi connectivity index (χ1) is 8.25. The fourth-order valence-electron chi connectivity index (χ4n) is 1.90. The number of amides is 1. The van der Waals surface area contributed by atoms with Gasteiger partial charge in [0, 0.05) is 22.0 Å². The third-order valence-corrected chi connectivity index (χ3v) is 4.30. The summed E-state index contributed by atoms with van der Waals surface area (Å²) in [5.41, 5.74) is 1.81. The summed E-state index contributed by atoms with van der Waals surface area (Å²) in [6.45, 7) is 1.95. The van der Waals surface area contributed by atoms with Crippen molar-refractivity contribution in [3.63, 3.8) is 0 Å². The first-order valence-corrected chi connectivity index (χ1v) is 6.55. The Balaban J connectivity index is 2.21. The zero-order valence-electron chi connectivity index (χ0n) is 9.43. The van der Waals surface area contributed by atoms with Crippen LogP contribution in [0.2, 0.25) is 0 Å². The third kappa shape index (κ3) is 1.78. The number of nitrogens with zero attached hydrogens (tertiary/aromatic N) is 1. The number of benzene rings is 1. The van der Waals surface area contributed by atoms with Crippen molar-refractivity contribution >= 4 is 34.3 Å². The monoisotopic (exact) mass is 244 g/mol. The largest absolute Gasteiger partial charge is 0.324 e. The van der Waals surface area contributed by atoms with E-state index >= 15 is 0 Å². The van der Waals surface area contributed by atoms with Gasteiger partial charge in [-0.1, -0.05) is 25.1 Å². The van der Waals surface area contributed by atoms with E-state index in [-0.39, 0.29) is 11.8 Å². The molecule has 1 aliphatic heterocycles. The number of anilines is 1. The maximum Gasteiger partial charge on any atom is 0.228 e. The molecule has 3 nitrogen and oxygen atoms in total. The molecule has 0 aliphatic carbocycles. The number of aromatic nitrogens is 1. The second kappa shape index (κ2) is 4.04. The minimum atomic E-state index is 0.0335. The summed E-state index contributed by atoms with van der Waals surface area (Å²) in [4.78, 5) is 17.3. The number of hydrogen-bond donors (Lipinski definition) is 1. The number of rotatable bonds is 0. The van der Waals surface area contributed by atoms with Crippen molar-refractivity contribution in [1.29, 1.82) is 0 Å². The average molecular weight is 244 g/mol. The molecular weight excluding hydrogens is 232 g/mol. The van der Waals surface area contributed by atoms with Gasteiger partial charge in [-0.2, -0.15) is 0 Å². The van der Waals surface area contributed by atoms with Gasteiger partial charge in [0.25, 0.3) is 0 Å². The van der Waals surface area contributed by atoms with Crippen molar-refractivity contribution in [1.82, 2.24) is 4.98 Å². The highest BCUT2D eigenvalue weighted by Crippen LogP contribution is 2.37. The summed E-state index contributed by atoms with van der Waals surface area (Å²) in [6.07, 6.45) is 1.75. The average Bonchev–Trinajstić information content (AvgIpc) is 2.50. The Morgan fingerprint density at radius 2 is 2.24 bits per heavy atom. The van der Waals surface area contributed by atoms with Crippen LogP contribution in [0.25, 0.3) is 10.9 Å². The van der Waals surface area contributed by atoms with E-state index in [4.69, 9.17) is 0 Å². The van der Waals surface area contributed by atoms with Crippen molar-refractivity contribution < 1.29 is 4.79 Å². The molecule has 0 fully saturated rings. The Morgan fingerprint density at radius 3 is 3.12 bits per heavy atom. The number of para-hydroxylation sites is 1. The number of hydrogen-bond acceptors (Lipinski definition) is 3. The van der Waals surface area contributed by atoms with E-state index in [1.54, 1.807) is 18.0 Å². The highest BCUT2D eigenvalue weighted by molar-refractivity contribution is 7.99. The van der Waals surface area contributed by atoms with Crippen LogP contribution >= 0.6 is 11.8 Å². The molecule has 1 N–H and O–H groups in total. The van der Waals surface area contributed by atoms with Gasteiger partial charge < -0.3 is 5.32 Å². The van der Waals surface area contributed by atoms with E-state index in [1.165, 1.54) is 0 Å². The van der Waals surface area contributed by atoms with Crippen LogP contribution in [0.15, 0.2) is 35.4 Å². The summed E-state index contributed by atoms with van der Waals surface area (Å²) in [5.74, 6) is 0.923. The molecule has 1 aromatic carbocycles. The van der Waals surface area contributed by atoms with Gasteiger partial charge in [0.05, 0.1) is 17.4 Å². The molecule has 4 heteroatoms. The standard InChI is InChI=1S/C13H12N2OS/c1-8-7-17-12-9-4-2-3-5-10(9)14-6-11(12)15-13(8)16/h2-6,8H,7H2,1H3,(H,15,16). The molecule has 17 heavy (non-hydrogen) atoms. The quantitative estimate of drug-likeness (QED) is 0.774. The van der Waals surface area contributed by atoms with Gasteiger partial charge in [0.15, 0.2) is 0 Å². The zero-order chi connectivity index (χ0) is 11.8. The molecule has 1 aromatic heterocycles. The second-order valence-corrected chi connectivity index (χ2v) is 5.25. The lowest BCUT2D eigenvalue weighted by molar-refractivity contribution is -0.118. The molecule has 2 aromatic rings. The van der Waals surface area contributed by atoms with Crippen LogP contribution in [-0.2, 0) is 4.79 Å². The highest BCUT2D eigenvalue weighted by atomic mass is 32.2. The van der Waals surface area contributed by atoms with Crippen LogP contribution in [0.5, 0.6) is 0 Å². The lowest BCUT2D eigenvalue weighted by atomic mass is 10.2. The van der Waals surface area contributed by atoms with Gasteiger partial charge in [0.1, 0.15) is 0 Å². The van der Waals surface area contributed by atoms with Crippen LogP contribution in [0.4, 0.5) is 5.69 Å². The number of pyridine rings is 1. The Morgan fingerprint density at radius 1 is 1.41 bits per heavy atom. The minimum absolute atomic E-state index is 0.0335. The topological polar surface area (TPSA) is 42.0 Å². The van der Waals surface area contributed by atoms with Crippen LogP contribution in [0.3, 0.4) is 0 Å². The van der Waals surface area contributed by atoms with E-state index < -0.39 is 0 Å². The van der Waals surface area contributed by atoms with Crippen LogP contribution < -0.4 is 5.32 Å². The summed E-state index contributed by atoms with van der Waals surface area (Å²) >= 11 is 1.73. The Bertz CT molecular complexity index is 597.